The van der Waals surface area contributed by atoms with E-state index in [4.69, 9.17) is 4.74 Å². The SMILES string of the molecule is CCC(C)Oc1cccc(NCC(=O)Nc2ccc(NC(=O)c3cccc(C)c3)cc2)c1. The van der Waals surface area contributed by atoms with Crippen LogP contribution in [0.5, 0.6) is 5.75 Å². The largest absolute Gasteiger partial charge is 0.491 e. The van der Waals surface area contributed by atoms with E-state index in [1.165, 1.54) is 0 Å². The van der Waals surface area contributed by atoms with Gasteiger partial charge in [0.2, 0.25) is 5.91 Å². The van der Waals surface area contributed by atoms with Gasteiger partial charge in [-0.25, -0.2) is 0 Å². The van der Waals surface area contributed by atoms with Crippen LogP contribution in [0.1, 0.15) is 36.2 Å². The van der Waals surface area contributed by atoms with Crippen molar-refractivity contribution in [2.24, 2.45) is 0 Å². The molecule has 6 heteroatoms. The Morgan fingerprint density at radius 2 is 1.56 bits per heavy atom. The summed E-state index contributed by atoms with van der Waals surface area (Å²) in [7, 11) is 0. The zero-order chi connectivity index (χ0) is 22.9. The number of aryl methyl sites for hydroxylation is 1. The number of rotatable bonds is 9. The summed E-state index contributed by atoms with van der Waals surface area (Å²) in [6.07, 6.45) is 1.06. The minimum atomic E-state index is -0.172. The van der Waals surface area contributed by atoms with Gasteiger partial charge in [-0.1, -0.05) is 30.7 Å². The van der Waals surface area contributed by atoms with Gasteiger partial charge in [-0.05, 0) is 68.8 Å². The molecule has 3 aromatic rings. The first-order chi connectivity index (χ1) is 15.4. The highest BCUT2D eigenvalue weighted by Gasteiger charge is 2.08. The van der Waals surface area contributed by atoms with Gasteiger partial charge in [-0.2, -0.15) is 0 Å². The van der Waals surface area contributed by atoms with Gasteiger partial charge in [0.05, 0.1) is 12.6 Å². The molecular formula is C26H29N3O3. The molecule has 3 N–H and O–H groups in total. The molecule has 0 saturated carbocycles. The maximum Gasteiger partial charge on any atom is 0.255 e. The fraction of sp³-hybridized carbons (Fsp3) is 0.231. The van der Waals surface area contributed by atoms with Crippen molar-refractivity contribution in [3.63, 3.8) is 0 Å². The number of carbonyl (C=O) groups is 2. The summed E-state index contributed by atoms with van der Waals surface area (Å²) < 4.78 is 5.81. The quantitative estimate of drug-likeness (QED) is 0.419. The van der Waals surface area contributed by atoms with Crippen molar-refractivity contribution >= 4 is 28.9 Å². The highest BCUT2D eigenvalue weighted by molar-refractivity contribution is 6.04. The van der Waals surface area contributed by atoms with Gasteiger partial charge in [0, 0.05) is 28.7 Å². The summed E-state index contributed by atoms with van der Waals surface area (Å²) >= 11 is 0. The molecule has 0 radical (unpaired) electrons. The lowest BCUT2D eigenvalue weighted by Gasteiger charge is -2.14. The first kappa shape index (κ1) is 22.9. The zero-order valence-electron chi connectivity index (χ0n) is 18.6. The molecule has 0 aromatic heterocycles. The fourth-order valence-electron chi connectivity index (χ4n) is 3.01. The lowest BCUT2D eigenvalue weighted by Crippen LogP contribution is -2.21. The van der Waals surface area contributed by atoms with Crippen LogP contribution in [0.4, 0.5) is 17.1 Å². The van der Waals surface area contributed by atoms with Crippen LogP contribution in [0.3, 0.4) is 0 Å². The lowest BCUT2D eigenvalue weighted by atomic mass is 10.1. The van der Waals surface area contributed by atoms with Crippen molar-refractivity contribution in [1.82, 2.24) is 0 Å². The van der Waals surface area contributed by atoms with Crippen LogP contribution >= 0.6 is 0 Å². The fourth-order valence-corrected chi connectivity index (χ4v) is 3.01. The smallest absolute Gasteiger partial charge is 0.255 e. The molecule has 6 nitrogen and oxygen atoms in total. The van der Waals surface area contributed by atoms with Gasteiger partial charge in [0.25, 0.3) is 5.91 Å². The third kappa shape index (κ3) is 6.87. The second-order valence-electron chi connectivity index (χ2n) is 7.67. The van der Waals surface area contributed by atoms with Crippen molar-refractivity contribution in [2.45, 2.75) is 33.3 Å². The molecule has 0 heterocycles. The summed E-state index contributed by atoms with van der Waals surface area (Å²) in [5.74, 6) is 0.428. The number of nitrogens with one attached hydrogen (secondary N) is 3. The Hall–Kier alpha value is -3.80. The Morgan fingerprint density at radius 1 is 0.875 bits per heavy atom. The Kier molecular flexibility index (Phi) is 7.86. The number of anilines is 3. The van der Waals surface area contributed by atoms with Crippen molar-refractivity contribution in [3.05, 3.63) is 83.9 Å². The normalized spacial score (nSPS) is 11.3. The van der Waals surface area contributed by atoms with Gasteiger partial charge >= 0.3 is 0 Å². The van der Waals surface area contributed by atoms with E-state index >= 15 is 0 Å². The van der Waals surface area contributed by atoms with Gasteiger partial charge < -0.3 is 20.7 Å². The first-order valence-corrected chi connectivity index (χ1v) is 10.7. The molecule has 0 bridgehead atoms. The van der Waals surface area contributed by atoms with E-state index in [0.29, 0.717) is 16.9 Å². The van der Waals surface area contributed by atoms with Crippen LogP contribution in [-0.4, -0.2) is 24.5 Å². The molecule has 166 valence electrons. The summed E-state index contributed by atoms with van der Waals surface area (Å²) in [5, 5.41) is 8.81. The minimum absolute atomic E-state index is 0.124. The van der Waals surface area contributed by atoms with Crippen molar-refractivity contribution in [3.8, 4) is 5.75 Å². The van der Waals surface area contributed by atoms with Crippen LogP contribution in [0.15, 0.2) is 72.8 Å². The van der Waals surface area contributed by atoms with E-state index in [1.54, 1.807) is 30.3 Å². The average molecular weight is 432 g/mol. The van der Waals surface area contributed by atoms with Crippen LogP contribution in [0.2, 0.25) is 0 Å². The Labute approximate surface area is 189 Å². The molecule has 3 rings (SSSR count). The van der Waals surface area contributed by atoms with Crippen LogP contribution < -0.4 is 20.7 Å². The predicted molar refractivity (Wildman–Crippen MR) is 130 cm³/mol. The minimum Gasteiger partial charge on any atom is -0.491 e. The van der Waals surface area contributed by atoms with Crippen molar-refractivity contribution in [2.75, 3.05) is 22.5 Å². The zero-order valence-corrected chi connectivity index (χ0v) is 18.6. The second-order valence-corrected chi connectivity index (χ2v) is 7.67. The number of carbonyl (C=O) groups excluding carboxylic acids is 2. The maximum atomic E-state index is 12.4. The summed E-state index contributed by atoms with van der Waals surface area (Å²) in [4.78, 5) is 24.7. The van der Waals surface area contributed by atoms with Gasteiger partial charge in [-0.15, -0.1) is 0 Å². The molecule has 0 spiro atoms. The highest BCUT2D eigenvalue weighted by Crippen LogP contribution is 2.19. The Balaban J connectivity index is 1.49. The van der Waals surface area contributed by atoms with Gasteiger partial charge in [-0.3, -0.25) is 9.59 Å². The molecule has 3 aromatic carbocycles. The molecule has 0 saturated heterocycles. The van der Waals surface area contributed by atoms with E-state index in [2.05, 4.69) is 22.9 Å². The molecule has 0 aliphatic heterocycles. The average Bonchev–Trinajstić information content (AvgIpc) is 2.79. The highest BCUT2D eigenvalue weighted by atomic mass is 16.5. The Morgan fingerprint density at radius 3 is 2.25 bits per heavy atom. The van der Waals surface area contributed by atoms with Gasteiger partial charge in [0.15, 0.2) is 0 Å². The summed E-state index contributed by atoms with van der Waals surface area (Å²) in [6.45, 7) is 6.16. The molecular weight excluding hydrogens is 402 g/mol. The van der Waals surface area contributed by atoms with Gasteiger partial charge in [0.1, 0.15) is 5.75 Å². The third-order valence-electron chi connectivity index (χ3n) is 4.91. The number of hydrogen-bond acceptors (Lipinski definition) is 4. The summed E-state index contributed by atoms with van der Waals surface area (Å²) in [6, 6.07) is 22.0. The number of hydrogen-bond donors (Lipinski definition) is 3. The van der Waals surface area contributed by atoms with E-state index < -0.39 is 0 Å². The molecule has 32 heavy (non-hydrogen) atoms. The molecule has 0 aliphatic rings. The number of benzene rings is 3. The maximum absolute atomic E-state index is 12.4. The number of ether oxygens (including phenoxy) is 1. The predicted octanol–water partition coefficient (Wildman–Crippen LogP) is 5.48. The topological polar surface area (TPSA) is 79.5 Å². The first-order valence-electron chi connectivity index (χ1n) is 10.7. The van der Waals surface area contributed by atoms with E-state index in [1.807, 2.05) is 56.3 Å². The van der Waals surface area contributed by atoms with Crippen LogP contribution in [0, 0.1) is 6.92 Å². The van der Waals surface area contributed by atoms with Crippen LogP contribution in [0.25, 0.3) is 0 Å². The third-order valence-corrected chi connectivity index (χ3v) is 4.91. The van der Waals surface area contributed by atoms with Crippen molar-refractivity contribution < 1.29 is 14.3 Å². The molecule has 1 atom stereocenters. The van der Waals surface area contributed by atoms with E-state index in [0.717, 1.165) is 23.4 Å². The molecule has 2 amide bonds. The lowest BCUT2D eigenvalue weighted by molar-refractivity contribution is -0.114. The number of amides is 2. The molecule has 0 aliphatic carbocycles. The Bertz CT molecular complexity index is 1060. The monoisotopic (exact) mass is 431 g/mol. The second kappa shape index (κ2) is 11.0. The molecule has 0 fully saturated rings. The summed E-state index contributed by atoms with van der Waals surface area (Å²) in [5.41, 5.74) is 3.76. The van der Waals surface area contributed by atoms with E-state index in [-0.39, 0.29) is 24.5 Å². The van der Waals surface area contributed by atoms with E-state index in [9.17, 15) is 9.59 Å². The standard InChI is InChI=1S/C26H29N3O3/c1-4-19(3)32-24-10-6-9-23(16-24)27-17-25(30)28-21-11-13-22(14-12-21)29-26(31)20-8-5-7-18(2)15-20/h5-16,19,27H,4,17H2,1-3H3,(H,28,30)(H,29,31). The van der Waals surface area contributed by atoms with Crippen molar-refractivity contribution in [1.29, 1.82) is 0 Å². The van der Waals surface area contributed by atoms with Crippen LogP contribution in [-0.2, 0) is 4.79 Å². The molecule has 1 unspecified atom stereocenters.